The lowest BCUT2D eigenvalue weighted by Crippen LogP contribution is -2.54. The number of para-hydroxylation sites is 1. The third-order valence-electron chi connectivity index (χ3n) is 4.93. The number of aromatic nitrogens is 2. The van der Waals surface area contributed by atoms with Crippen LogP contribution < -0.4 is 10.2 Å². The summed E-state index contributed by atoms with van der Waals surface area (Å²) < 4.78 is 0.653. The van der Waals surface area contributed by atoms with Gasteiger partial charge in [-0.25, -0.2) is 0 Å². The topological polar surface area (TPSA) is 67.2 Å². The number of nitrogens with zero attached hydrogens (tertiary/aromatic N) is 3. The van der Waals surface area contributed by atoms with Crippen molar-refractivity contribution in [1.82, 2.24) is 9.78 Å². The molecule has 0 radical (unpaired) electrons. The third-order valence-corrected chi connectivity index (χ3v) is 6.26. The summed E-state index contributed by atoms with van der Waals surface area (Å²) in [5.74, 6) is -0.516. The molecule has 0 saturated carbocycles. The van der Waals surface area contributed by atoms with Crippen molar-refractivity contribution in [3.63, 3.8) is 0 Å². The molecule has 1 N–H and O–H groups in total. The van der Waals surface area contributed by atoms with Crippen LogP contribution in [0.2, 0.25) is 0 Å². The number of thioether (sulfide) groups is 1. The van der Waals surface area contributed by atoms with E-state index < -0.39 is 4.75 Å². The van der Waals surface area contributed by atoms with Crippen molar-refractivity contribution in [3.05, 3.63) is 35.7 Å². The highest BCUT2D eigenvalue weighted by atomic mass is 32.2. The van der Waals surface area contributed by atoms with Crippen LogP contribution in [0.25, 0.3) is 0 Å². The van der Waals surface area contributed by atoms with Crippen LogP contribution in [-0.4, -0.2) is 32.9 Å². The van der Waals surface area contributed by atoms with Crippen molar-refractivity contribution in [2.24, 2.45) is 0 Å². The van der Waals surface area contributed by atoms with Crippen LogP contribution in [0.3, 0.4) is 0 Å². The smallest absolute Gasteiger partial charge is 0.252 e. The molecule has 1 unspecified atom stereocenters. The van der Waals surface area contributed by atoms with Crippen LogP contribution in [-0.2, 0) is 9.59 Å². The highest BCUT2D eigenvalue weighted by Crippen LogP contribution is 2.45. The SMILES string of the molecule is CCN1C(=O)C(C)(C(=O)Nc2c(C)nn(C(C)C)c2C)Sc2ccccc21. The number of amides is 2. The number of benzene rings is 1. The number of fused-ring (bicyclic) bond motifs is 1. The molecule has 0 spiro atoms. The molecule has 1 aromatic heterocycles. The fraction of sp³-hybridized carbons (Fsp3) is 0.450. The molecular weight excluding hydrogens is 360 g/mol. The lowest BCUT2D eigenvalue weighted by Gasteiger charge is -2.38. The number of anilines is 2. The van der Waals surface area contributed by atoms with E-state index in [0.717, 1.165) is 22.0 Å². The molecule has 1 atom stereocenters. The van der Waals surface area contributed by atoms with Crippen LogP contribution in [0.1, 0.15) is 45.1 Å². The first-order valence-electron chi connectivity index (χ1n) is 9.17. The normalized spacial score (nSPS) is 19.4. The van der Waals surface area contributed by atoms with Gasteiger partial charge in [0.05, 0.1) is 22.8 Å². The Morgan fingerprint density at radius 2 is 1.96 bits per heavy atom. The van der Waals surface area contributed by atoms with Crippen LogP contribution >= 0.6 is 11.8 Å². The zero-order valence-electron chi connectivity index (χ0n) is 16.7. The first-order valence-corrected chi connectivity index (χ1v) is 9.99. The second kappa shape index (κ2) is 7.03. The van der Waals surface area contributed by atoms with Crippen LogP contribution in [0.15, 0.2) is 29.2 Å². The minimum atomic E-state index is -1.23. The van der Waals surface area contributed by atoms with Crippen molar-refractivity contribution < 1.29 is 9.59 Å². The Labute approximate surface area is 164 Å². The van der Waals surface area contributed by atoms with Crippen LogP contribution in [0.4, 0.5) is 11.4 Å². The predicted octanol–water partition coefficient (Wildman–Crippen LogP) is 3.94. The molecule has 0 fully saturated rings. The van der Waals surface area contributed by atoms with Gasteiger partial charge in [0.1, 0.15) is 0 Å². The van der Waals surface area contributed by atoms with Crippen LogP contribution in [0, 0.1) is 13.8 Å². The number of hydrogen-bond donors (Lipinski definition) is 1. The Hall–Kier alpha value is -2.28. The number of nitrogens with one attached hydrogen (secondary N) is 1. The molecule has 6 nitrogen and oxygen atoms in total. The van der Waals surface area contributed by atoms with E-state index in [1.54, 1.807) is 11.8 Å². The van der Waals surface area contributed by atoms with Crippen molar-refractivity contribution in [3.8, 4) is 0 Å². The first-order chi connectivity index (χ1) is 12.7. The maximum Gasteiger partial charge on any atom is 0.252 e. The molecule has 3 rings (SSSR count). The first kappa shape index (κ1) is 19.5. The summed E-state index contributed by atoms with van der Waals surface area (Å²) in [6.45, 7) is 12.0. The summed E-state index contributed by atoms with van der Waals surface area (Å²) in [5.41, 5.74) is 3.19. The number of carbonyl (C=O) groups excluding carboxylic acids is 2. The van der Waals surface area contributed by atoms with Gasteiger partial charge in [-0.2, -0.15) is 5.10 Å². The molecule has 1 aliphatic rings. The summed E-state index contributed by atoms with van der Waals surface area (Å²) in [4.78, 5) is 29.0. The monoisotopic (exact) mass is 386 g/mol. The Balaban J connectivity index is 1.96. The molecule has 1 aliphatic heterocycles. The van der Waals surface area contributed by atoms with Gasteiger partial charge in [0, 0.05) is 17.5 Å². The van der Waals surface area contributed by atoms with E-state index in [4.69, 9.17) is 0 Å². The number of hydrogen-bond acceptors (Lipinski definition) is 4. The van der Waals surface area contributed by atoms with Gasteiger partial charge < -0.3 is 10.2 Å². The molecule has 2 heterocycles. The summed E-state index contributed by atoms with van der Waals surface area (Å²) in [5, 5.41) is 7.50. The average molecular weight is 387 g/mol. The molecule has 1 aromatic carbocycles. The predicted molar refractivity (Wildman–Crippen MR) is 109 cm³/mol. The maximum atomic E-state index is 13.2. The van der Waals surface area contributed by atoms with E-state index in [9.17, 15) is 9.59 Å². The van der Waals surface area contributed by atoms with Gasteiger partial charge >= 0.3 is 0 Å². The van der Waals surface area contributed by atoms with Gasteiger partial charge in [-0.1, -0.05) is 23.9 Å². The van der Waals surface area contributed by atoms with E-state index in [-0.39, 0.29) is 17.9 Å². The quantitative estimate of drug-likeness (QED) is 0.809. The van der Waals surface area contributed by atoms with E-state index in [1.807, 2.05) is 63.6 Å². The molecule has 7 heteroatoms. The number of rotatable bonds is 4. The summed E-state index contributed by atoms with van der Waals surface area (Å²) >= 11 is 1.31. The molecule has 0 bridgehead atoms. The van der Waals surface area contributed by atoms with E-state index in [1.165, 1.54) is 11.8 Å². The zero-order valence-corrected chi connectivity index (χ0v) is 17.5. The second-order valence-corrected chi connectivity index (χ2v) is 8.65. The van der Waals surface area contributed by atoms with Gasteiger partial charge in [0.2, 0.25) is 5.91 Å². The average Bonchev–Trinajstić information content (AvgIpc) is 2.91. The summed E-state index contributed by atoms with van der Waals surface area (Å²) in [6, 6.07) is 7.90. The molecule has 144 valence electrons. The fourth-order valence-electron chi connectivity index (χ4n) is 3.43. The Morgan fingerprint density at radius 1 is 1.30 bits per heavy atom. The summed E-state index contributed by atoms with van der Waals surface area (Å²) in [6.07, 6.45) is 0. The third kappa shape index (κ3) is 3.14. The number of aryl methyl sites for hydroxylation is 1. The van der Waals surface area contributed by atoms with Gasteiger partial charge in [0.15, 0.2) is 4.75 Å². The minimum absolute atomic E-state index is 0.193. The lowest BCUT2D eigenvalue weighted by atomic mass is 10.1. The van der Waals surface area contributed by atoms with Gasteiger partial charge in [-0.3, -0.25) is 14.3 Å². The fourth-order valence-corrected chi connectivity index (χ4v) is 4.64. The standard InChI is InChI=1S/C20H26N4O2S/c1-7-23-15-10-8-9-11-16(15)27-20(6,19(23)26)18(25)21-17-13(4)22-24(12(2)3)14(17)5/h8-12H,7H2,1-6H3,(H,21,25). The second-order valence-electron chi connectivity index (χ2n) is 7.19. The lowest BCUT2D eigenvalue weighted by molar-refractivity contribution is -0.128. The van der Waals surface area contributed by atoms with E-state index >= 15 is 0 Å². The Kier molecular flexibility index (Phi) is 5.08. The molecule has 0 aliphatic carbocycles. The highest BCUT2D eigenvalue weighted by molar-refractivity contribution is 8.02. The van der Waals surface area contributed by atoms with Crippen molar-refractivity contribution in [2.75, 3.05) is 16.8 Å². The molecular formula is C20H26N4O2S. The maximum absolute atomic E-state index is 13.2. The van der Waals surface area contributed by atoms with E-state index in [2.05, 4.69) is 10.4 Å². The van der Waals surface area contributed by atoms with Gasteiger partial charge in [-0.05, 0) is 53.7 Å². The molecule has 0 saturated heterocycles. The highest BCUT2D eigenvalue weighted by Gasteiger charge is 2.49. The number of carbonyl (C=O) groups is 2. The van der Waals surface area contributed by atoms with Crippen LogP contribution in [0.5, 0.6) is 0 Å². The summed E-state index contributed by atoms with van der Waals surface area (Å²) in [7, 11) is 0. The largest absolute Gasteiger partial charge is 0.321 e. The van der Waals surface area contributed by atoms with Gasteiger partial charge in [0.25, 0.3) is 5.91 Å². The zero-order chi connectivity index (χ0) is 19.9. The minimum Gasteiger partial charge on any atom is -0.321 e. The Bertz CT molecular complexity index is 905. The molecule has 2 aromatic rings. The molecule has 27 heavy (non-hydrogen) atoms. The Morgan fingerprint density at radius 3 is 2.56 bits per heavy atom. The van der Waals surface area contributed by atoms with E-state index in [0.29, 0.717) is 12.2 Å². The van der Waals surface area contributed by atoms with Crippen molar-refractivity contribution in [1.29, 1.82) is 0 Å². The molecule has 2 amide bonds. The van der Waals surface area contributed by atoms with Gasteiger partial charge in [-0.15, -0.1) is 0 Å². The van der Waals surface area contributed by atoms with Crippen molar-refractivity contribution >= 4 is 35.0 Å². The van der Waals surface area contributed by atoms with Crippen molar-refractivity contribution in [2.45, 2.75) is 57.2 Å².